The molecule has 0 amide bonds. The summed E-state index contributed by atoms with van der Waals surface area (Å²) in [5.41, 5.74) is 1.32. The van der Waals surface area contributed by atoms with Crippen LogP contribution in [0.5, 0.6) is 0 Å². The lowest BCUT2D eigenvalue weighted by Crippen LogP contribution is -2.17. The molecule has 1 aliphatic rings. The van der Waals surface area contributed by atoms with Gasteiger partial charge in [0.05, 0.1) is 10.7 Å². The van der Waals surface area contributed by atoms with Gasteiger partial charge in [-0.3, -0.25) is 0 Å². The van der Waals surface area contributed by atoms with E-state index in [-0.39, 0.29) is 0 Å². The van der Waals surface area contributed by atoms with Gasteiger partial charge >= 0.3 is 0 Å². The third-order valence-corrected chi connectivity index (χ3v) is 5.93. The van der Waals surface area contributed by atoms with Crippen LogP contribution in [0.3, 0.4) is 0 Å². The number of nitrogens with zero attached hydrogens (tertiary/aromatic N) is 1. The highest BCUT2D eigenvalue weighted by Gasteiger charge is 2.27. The van der Waals surface area contributed by atoms with E-state index in [0.29, 0.717) is 5.92 Å². The molecule has 0 aliphatic heterocycles. The third-order valence-electron chi connectivity index (χ3n) is 4.69. The highest BCUT2D eigenvalue weighted by Crippen LogP contribution is 2.41. The van der Waals surface area contributed by atoms with Crippen molar-refractivity contribution in [3.63, 3.8) is 0 Å². The van der Waals surface area contributed by atoms with Crippen molar-refractivity contribution < 1.29 is 0 Å². The van der Waals surface area contributed by atoms with Crippen LogP contribution in [0.15, 0.2) is 0 Å². The summed E-state index contributed by atoms with van der Waals surface area (Å²) >= 11 is 1.95. The quantitative estimate of drug-likeness (QED) is 0.834. The lowest BCUT2D eigenvalue weighted by molar-refractivity contribution is 0.258. The zero-order chi connectivity index (χ0) is 14.7. The van der Waals surface area contributed by atoms with Crippen molar-refractivity contribution in [1.82, 2.24) is 10.3 Å². The second kappa shape index (κ2) is 7.04. The molecule has 2 nitrogen and oxygen atoms in total. The molecule has 0 spiro atoms. The number of nitrogens with one attached hydrogen (secondary N) is 1. The fraction of sp³-hybridized carbons (Fsp3) is 0.824. The fourth-order valence-corrected chi connectivity index (χ4v) is 4.73. The van der Waals surface area contributed by atoms with Gasteiger partial charge in [-0.1, -0.05) is 27.7 Å². The van der Waals surface area contributed by atoms with Crippen LogP contribution < -0.4 is 5.32 Å². The summed E-state index contributed by atoms with van der Waals surface area (Å²) in [5.74, 6) is 3.04. The number of aromatic nitrogens is 1. The first-order valence-electron chi connectivity index (χ1n) is 8.17. The number of thiazole rings is 1. The SMILES string of the molecule is CNCc1sc(C2CCC(C(C)C)CC2)nc1C(C)C. The van der Waals surface area contributed by atoms with Crippen LogP contribution in [0.25, 0.3) is 0 Å². The Morgan fingerprint density at radius 2 is 1.80 bits per heavy atom. The van der Waals surface area contributed by atoms with E-state index < -0.39 is 0 Å². The molecule has 0 radical (unpaired) electrons. The van der Waals surface area contributed by atoms with E-state index in [1.54, 1.807) is 0 Å². The average molecular weight is 295 g/mol. The van der Waals surface area contributed by atoms with Crippen LogP contribution in [0, 0.1) is 11.8 Å². The zero-order valence-corrected chi connectivity index (χ0v) is 14.5. The summed E-state index contributed by atoms with van der Waals surface area (Å²) in [6, 6.07) is 0. The Balaban J connectivity index is 2.08. The molecule has 0 saturated heterocycles. The van der Waals surface area contributed by atoms with Gasteiger partial charge in [0.2, 0.25) is 0 Å². The van der Waals surface area contributed by atoms with Crippen molar-refractivity contribution in [1.29, 1.82) is 0 Å². The molecule has 0 aromatic carbocycles. The van der Waals surface area contributed by atoms with E-state index in [1.807, 2.05) is 18.4 Å². The van der Waals surface area contributed by atoms with Crippen molar-refractivity contribution in [3.8, 4) is 0 Å². The standard InChI is InChI=1S/C17H30N2S/c1-11(2)13-6-8-14(9-7-13)17-19-16(12(3)4)15(20-17)10-18-5/h11-14,18H,6-10H2,1-5H3. The van der Waals surface area contributed by atoms with E-state index in [2.05, 4.69) is 33.0 Å². The molecular weight excluding hydrogens is 264 g/mol. The predicted molar refractivity (Wildman–Crippen MR) is 88.5 cm³/mol. The van der Waals surface area contributed by atoms with E-state index in [1.165, 1.54) is 41.3 Å². The molecule has 1 aliphatic carbocycles. The summed E-state index contributed by atoms with van der Waals surface area (Å²) in [6.07, 6.45) is 5.46. The van der Waals surface area contributed by atoms with Gasteiger partial charge in [0, 0.05) is 17.3 Å². The lowest BCUT2D eigenvalue weighted by Gasteiger charge is -2.29. The summed E-state index contributed by atoms with van der Waals surface area (Å²) in [4.78, 5) is 6.45. The molecule has 1 heterocycles. The first-order valence-corrected chi connectivity index (χ1v) is 8.98. The third kappa shape index (κ3) is 3.62. The second-order valence-corrected chi connectivity index (χ2v) is 8.02. The van der Waals surface area contributed by atoms with Gasteiger partial charge in [0.25, 0.3) is 0 Å². The zero-order valence-electron chi connectivity index (χ0n) is 13.7. The molecule has 1 fully saturated rings. The fourth-order valence-electron chi connectivity index (χ4n) is 3.33. The van der Waals surface area contributed by atoms with E-state index in [9.17, 15) is 0 Å². The molecular formula is C17H30N2S. The highest BCUT2D eigenvalue weighted by atomic mass is 32.1. The van der Waals surface area contributed by atoms with Crippen LogP contribution in [0.4, 0.5) is 0 Å². The van der Waals surface area contributed by atoms with Gasteiger partial charge in [-0.2, -0.15) is 0 Å². The maximum Gasteiger partial charge on any atom is 0.0962 e. The van der Waals surface area contributed by atoms with E-state index >= 15 is 0 Å². The molecule has 114 valence electrons. The second-order valence-electron chi connectivity index (χ2n) is 6.90. The van der Waals surface area contributed by atoms with Crippen LogP contribution >= 0.6 is 11.3 Å². The Kier molecular flexibility index (Phi) is 5.62. The molecule has 1 aromatic heterocycles. The molecule has 0 bridgehead atoms. The van der Waals surface area contributed by atoms with Crippen molar-refractivity contribution >= 4 is 11.3 Å². The van der Waals surface area contributed by atoms with Crippen molar-refractivity contribution in [2.75, 3.05) is 7.05 Å². The molecule has 1 aromatic rings. The van der Waals surface area contributed by atoms with Gasteiger partial charge in [-0.25, -0.2) is 4.98 Å². The van der Waals surface area contributed by atoms with E-state index in [0.717, 1.165) is 24.3 Å². The number of rotatable bonds is 5. The molecule has 20 heavy (non-hydrogen) atoms. The molecule has 3 heteroatoms. The summed E-state index contributed by atoms with van der Waals surface area (Å²) in [7, 11) is 2.03. The Labute approximate surface area is 128 Å². The predicted octanol–water partition coefficient (Wildman–Crippen LogP) is 4.92. The maximum absolute atomic E-state index is 5.00. The van der Waals surface area contributed by atoms with Crippen LogP contribution in [-0.4, -0.2) is 12.0 Å². The molecule has 2 rings (SSSR count). The van der Waals surface area contributed by atoms with Gasteiger partial charge in [0.15, 0.2) is 0 Å². The van der Waals surface area contributed by atoms with Crippen LogP contribution in [0.1, 0.15) is 80.8 Å². The van der Waals surface area contributed by atoms with Crippen molar-refractivity contribution in [2.24, 2.45) is 11.8 Å². The largest absolute Gasteiger partial charge is 0.315 e. The maximum atomic E-state index is 5.00. The molecule has 0 atom stereocenters. The molecule has 1 N–H and O–H groups in total. The minimum Gasteiger partial charge on any atom is -0.315 e. The van der Waals surface area contributed by atoms with Gasteiger partial charge in [-0.05, 0) is 50.5 Å². The lowest BCUT2D eigenvalue weighted by atomic mass is 9.77. The van der Waals surface area contributed by atoms with Crippen LogP contribution in [-0.2, 0) is 6.54 Å². The number of hydrogen-bond acceptors (Lipinski definition) is 3. The normalized spacial score (nSPS) is 23.8. The van der Waals surface area contributed by atoms with Gasteiger partial charge in [0.1, 0.15) is 0 Å². The van der Waals surface area contributed by atoms with Gasteiger partial charge in [-0.15, -0.1) is 11.3 Å². The van der Waals surface area contributed by atoms with Crippen molar-refractivity contribution in [2.45, 2.75) is 71.8 Å². The average Bonchev–Trinajstić information content (AvgIpc) is 2.83. The summed E-state index contributed by atoms with van der Waals surface area (Å²) in [5, 5.41) is 4.69. The van der Waals surface area contributed by atoms with Crippen LogP contribution in [0.2, 0.25) is 0 Å². The monoisotopic (exact) mass is 294 g/mol. The Bertz CT molecular complexity index is 415. The summed E-state index contributed by atoms with van der Waals surface area (Å²) < 4.78 is 0. The first-order chi connectivity index (χ1) is 9.52. The molecule has 1 saturated carbocycles. The Morgan fingerprint density at radius 3 is 2.30 bits per heavy atom. The molecule has 0 unspecified atom stereocenters. The van der Waals surface area contributed by atoms with E-state index in [4.69, 9.17) is 4.98 Å². The number of hydrogen-bond donors (Lipinski definition) is 1. The smallest absolute Gasteiger partial charge is 0.0962 e. The highest BCUT2D eigenvalue weighted by molar-refractivity contribution is 7.11. The Morgan fingerprint density at radius 1 is 1.15 bits per heavy atom. The summed E-state index contributed by atoms with van der Waals surface area (Å²) in [6.45, 7) is 10.2. The minimum atomic E-state index is 0.537. The Hall–Kier alpha value is -0.410. The van der Waals surface area contributed by atoms with Crippen molar-refractivity contribution in [3.05, 3.63) is 15.6 Å². The first kappa shape index (κ1) is 16.0. The minimum absolute atomic E-state index is 0.537. The van der Waals surface area contributed by atoms with Gasteiger partial charge < -0.3 is 5.32 Å². The topological polar surface area (TPSA) is 24.9 Å².